The third kappa shape index (κ3) is 7.88. The predicted octanol–water partition coefficient (Wildman–Crippen LogP) is 5.82. The number of hydrogen-bond acceptors (Lipinski definition) is 7. The number of hydrogen-bond donors (Lipinski definition) is 1. The Balaban J connectivity index is 1.50. The van der Waals surface area contributed by atoms with E-state index in [0.29, 0.717) is 29.2 Å². The molecule has 0 aliphatic carbocycles. The van der Waals surface area contributed by atoms with Gasteiger partial charge in [0.25, 0.3) is 5.91 Å². The maximum atomic E-state index is 13.1. The van der Waals surface area contributed by atoms with Crippen LogP contribution in [0.4, 0.5) is 26.3 Å². The van der Waals surface area contributed by atoms with E-state index < -0.39 is 36.7 Å². The van der Waals surface area contributed by atoms with Crippen LogP contribution in [-0.4, -0.2) is 57.7 Å². The molecule has 1 amide bonds. The molecule has 1 saturated heterocycles. The molecule has 4 rings (SSSR count). The van der Waals surface area contributed by atoms with Crippen LogP contribution in [0.1, 0.15) is 52.4 Å². The Hall–Kier alpha value is -3.26. The number of aryl methyl sites for hydroxylation is 1. The summed E-state index contributed by atoms with van der Waals surface area (Å²) in [5.74, 6) is -1.42. The quantitative estimate of drug-likeness (QED) is 0.359. The number of piperidine rings is 1. The van der Waals surface area contributed by atoms with E-state index in [-0.39, 0.29) is 30.3 Å². The van der Waals surface area contributed by atoms with Crippen LogP contribution in [0.25, 0.3) is 10.6 Å². The fraction of sp³-hybridized carbons (Fsp3) is 0.440. The number of amides is 1. The van der Waals surface area contributed by atoms with Crippen molar-refractivity contribution in [2.45, 2.75) is 51.2 Å². The van der Waals surface area contributed by atoms with Gasteiger partial charge in [-0.1, -0.05) is 0 Å². The maximum Gasteiger partial charge on any atom is 0.451 e. The van der Waals surface area contributed by atoms with E-state index in [1.165, 1.54) is 22.3 Å². The second-order valence-electron chi connectivity index (χ2n) is 9.26. The molecule has 1 aliphatic heterocycles. The first-order valence-corrected chi connectivity index (χ1v) is 12.8. The standard InChI is InChI=1S/C25H25F6N5O2S/c1-14-10-32-22(39-14)17-7-16(21(37)35-15(2)18-11-33-23(34-12-18)25(29,30)31)8-20(9-17)38-19-3-5-36(6-4-19)13-24(26,27)28/h7-12,15,19H,3-6,13H2,1-2H3,(H,35,37). The largest absolute Gasteiger partial charge is 0.490 e. The van der Waals surface area contributed by atoms with Crippen LogP contribution < -0.4 is 10.1 Å². The lowest BCUT2D eigenvalue weighted by atomic mass is 10.1. The smallest absolute Gasteiger partial charge is 0.451 e. The highest BCUT2D eigenvalue weighted by Crippen LogP contribution is 2.32. The van der Waals surface area contributed by atoms with Gasteiger partial charge in [-0.2, -0.15) is 26.3 Å². The number of carbonyl (C=O) groups excluding carboxylic acids is 1. The van der Waals surface area contributed by atoms with Gasteiger partial charge in [0, 0.05) is 53.2 Å². The monoisotopic (exact) mass is 573 g/mol. The minimum absolute atomic E-state index is 0.226. The number of carbonyl (C=O) groups is 1. The van der Waals surface area contributed by atoms with Gasteiger partial charge in [0.2, 0.25) is 5.82 Å². The lowest BCUT2D eigenvalue weighted by Crippen LogP contribution is -2.42. The normalized spacial score (nSPS) is 16.2. The van der Waals surface area contributed by atoms with Crippen molar-refractivity contribution in [1.82, 2.24) is 25.2 Å². The summed E-state index contributed by atoms with van der Waals surface area (Å²) in [6.45, 7) is 2.97. The number of halogens is 6. The van der Waals surface area contributed by atoms with Crippen LogP contribution in [0.15, 0.2) is 36.8 Å². The molecule has 0 radical (unpaired) electrons. The van der Waals surface area contributed by atoms with Crippen LogP contribution >= 0.6 is 11.3 Å². The third-order valence-corrected chi connectivity index (χ3v) is 7.01. The van der Waals surface area contributed by atoms with Gasteiger partial charge in [0.1, 0.15) is 16.9 Å². The number of nitrogens with one attached hydrogen (secondary N) is 1. The first-order chi connectivity index (χ1) is 18.3. The Kier molecular flexibility index (Phi) is 8.45. The van der Waals surface area contributed by atoms with E-state index in [4.69, 9.17) is 4.74 Å². The zero-order valence-electron chi connectivity index (χ0n) is 20.9. The first-order valence-electron chi connectivity index (χ1n) is 12.0. The van der Waals surface area contributed by atoms with E-state index in [1.54, 1.807) is 25.3 Å². The minimum atomic E-state index is -4.68. The Morgan fingerprint density at radius 1 is 1.08 bits per heavy atom. The van der Waals surface area contributed by atoms with Gasteiger partial charge < -0.3 is 10.1 Å². The van der Waals surface area contributed by atoms with Gasteiger partial charge >= 0.3 is 12.4 Å². The fourth-order valence-corrected chi connectivity index (χ4v) is 4.86. The van der Waals surface area contributed by atoms with E-state index in [1.807, 2.05) is 6.92 Å². The number of alkyl halides is 6. The average Bonchev–Trinajstić information content (AvgIpc) is 3.30. The molecular weight excluding hydrogens is 548 g/mol. The van der Waals surface area contributed by atoms with Crippen LogP contribution in [0.5, 0.6) is 5.75 Å². The molecule has 0 saturated carbocycles. The average molecular weight is 574 g/mol. The van der Waals surface area contributed by atoms with E-state index in [9.17, 15) is 31.1 Å². The third-order valence-electron chi connectivity index (χ3n) is 6.05. The van der Waals surface area contributed by atoms with Crippen LogP contribution in [0, 0.1) is 6.92 Å². The molecule has 1 atom stereocenters. The fourth-order valence-electron chi connectivity index (χ4n) is 4.11. The number of thiazole rings is 1. The molecule has 39 heavy (non-hydrogen) atoms. The maximum absolute atomic E-state index is 13.1. The van der Waals surface area contributed by atoms with Crippen molar-refractivity contribution in [3.63, 3.8) is 0 Å². The van der Waals surface area contributed by atoms with Crippen LogP contribution in [0.3, 0.4) is 0 Å². The number of benzene rings is 1. The molecule has 1 unspecified atom stereocenters. The lowest BCUT2D eigenvalue weighted by Gasteiger charge is -2.32. The summed E-state index contributed by atoms with van der Waals surface area (Å²) < 4.78 is 82.5. The molecule has 1 N–H and O–H groups in total. The van der Waals surface area contributed by atoms with Crippen molar-refractivity contribution in [2.75, 3.05) is 19.6 Å². The van der Waals surface area contributed by atoms with E-state index in [0.717, 1.165) is 17.3 Å². The van der Waals surface area contributed by atoms with Gasteiger partial charge in [0.15, 0.2) is 0 Å². The Morgan fingerprint density at radius 3 is 2.31 bits per heavy atom. The molecule has 210 valence electrons. The van der Waals surface area contributed by atoms with Crippen molar-refractivity contribution in [2.24, 2.45) is 0 Å². The van der Waals surface area contributed by atoms with E-state index in [2.05, 4.69) is 20.3 Å². The topological polar surface area (TPSA) is 80.2 Å². The zero-order chi connectivity index (χ0) is 28.4. The summed E-state index contributed by atoms with van der Waals surface area (Å²) >= 11 is 1.42. The lowest BCUT2D eigenvalue weighted by molar-refractivity contribution is -0.149. The summed E-state index contributed by atoms with van der Waals surface area (Å²) in [5, 5.41) is 3.38. The van der Waals surface area contributed by atoms with E-state index >= 15 is 0 Å². The van der Waals surface area contributed by atoms with Crippen molar-refractivity contribution >= 4 is 17.2 Å². The molecule has 2 aromatic heterocycles. The molecule has 14 heteroatoms. The van der Waals surface area contributed by atoms with Gasteiger partial charge in [-0.3, -0.25) is 9.69 Å². The first kappa shape index (κ1) is 28.7. The molecular formula is C25H25F6N5O2S. The Morgan fingerprint density at radius 2 is 1.74 bits per heavy atom. The van der Waals surface area contributed by atoms with Crippen LogP contribution in [-0.2, 0) is 6.18 Å². The number of aromatic nitrogens is 3. The summed E-state index contributed by atoms with van der Waals surface area (Å²) in [6, 6.07) is 4.18. The molecule has 1 fully saturated rings. The molecule has 1 aliphatic rings. The van der Waals surface area contributed by atoms with Crippen molar-refractivity contribution in [3.05, 3.63) is 58.6 Å². The summed E-state index contributed by atoms with van der Waals surface area (Å²) in [5.41, 5.74) is 1.13. The van der Waals surface area contributed by atoms with Crippen molar-refractivity contribution in [3.8, 4) is 16.3 Å². The molecule has 3 heterocycles. The number of rotatable bonds is 7. The van der Waals surface area contributed by atoms with Crippen LogP contribution in [0.2, 0.25) is 0 Å². The molecule has 0 bridgehead atoms. The highest BCUT2D eigenvalue weighted by atomic mass is 32.1. The van der Waals surface area contributed by atoms with Crippen molar-refractivity contribution < 1.29 is 35.9 Å². The Labute approximate surface area is 224 Å². The minimum Gasteiger partial charge on any atom is -0.490 e. The second kappa shape index (κ2) is 11.5. The second-order valence-corrected chi connectivity index (χ2v) is 10.5. The summed E-state index contributed by atoms with van der Waals surface area (Å²) in [6.07, 6.45) is -4.78. The summed E-state index contributed by atoms with van der Waals surface area (Å²) in [7, 11) is 0. The Bertz CT molecular complexity index is 1290. The number of nitrogens with zero attached hydrogens (tertiary/aromatic N) is 4. The molecule has 3 aromatic rings. The van der Waals surface area contributed by atoms with Gasteiger partial charge in [0.05, 0.1) is 12.6 Å². The number of likely N-dealkylation sites (tertiary alicyclic amines) is 1. The number of ether oxygens (including phenoxy) is 1. The highest BCUT2D eigenvalue weighted by Gasteiger charge is 2.35. The van der Waals surface area contributed by atoms with Gasteiger partial charge in [-0.25, -0.2) is 15.0 Å². The molecule has 0 spiro atoms. The summed E-state index contributed by atoms with van der Waals surface area (Å²) in [4.78, 5) is 26.5. The predicted molar refractivity (Wildman–Crippen MR) is 131 cm³/mol. The highest BCUT2D eigenvalue weighted by molar-refractivity contribution is 7.14. The molecule has 7 nitrogen and oxygen atoms in total. The van der Waals surface area contributed by atoms with Crippen molar-refractivity contribution in [1.29, 1.82) is 0 Å². The van der Waals surface area contributed by atoms with Gasteiger partial charge in [-0.05, 0) is 44.9 Å². The van der Waals surface area contributed by atoms with Gasteiger partial charge in [-0.15, -0.1) is 11.3 Å². The zero-order valence-corrected chi connectivity index (χ0v) is 21.8. The molecule has 1 aromatic carbocycles. The SMILES string of the molecule is Cc1cnc(-c2cc(OC3CCN(CC(F)(F)F)CC3)cc(C(=O)NC(C)c3cnc(C(F)(F)F)nc3)c2)s1.